The van der Waals surface area contributed by atoms with Crippen LogP contribution in [0.15, 0.2) is 54.9 Å². The lowest BCUT2D eigenvalue weighted by molar-refractivity contribution is -0.384. The Labute approximate surface area is 148 Å². The van der Waals surface area contributed by atoms with Crippen molar-refractivity contribution in [2.24, 2.45) is 0 Å². The monoisotopic (exact) mass is 356 g/mol. The topological polar surface area (TPSA) is 90.1 Å². The van der Waals surface area contributed by atoms with Crippen LogP contribution in [-0.4, -0.2) is 20.4 Å². The van der Waals surface area contributed by atoms with Crippen LogP contribution in [0.1, 0.15) is 15.9 Å². The van der Waals surface area contributed by atoms with Crippen molar-refractivity contribution in [2.45, 2.75) is 6.92 Å². The van der Waals surface area contributed by atoms with Crippen LogP contribution in [0.2, 0.25) is 5.02 Å². The number of hydrogen-bond donors (Lipinski definition) is 1. The van der Waals surface area contributed by atoms with Crippen molar-refractivity contribution in [1.82, 2.24) is 9.55 Å². The van der Waals surface area contributed by atoms with Crippen LogP contribution in [-0.2, 0) is 0 Å². The van der Waals surface area contributed by atoms with Gasteiger partial charge in [0.2, 0.25) is 5.95 Å². The number of anilines is 1. The third-order valence-corrected chi connectivity index (χ3v) is 3.91. The fraction of sp³-hybridized carbons (Fsp3) is 0.0588. The SMILES string of the molecule is Cc1ccc(-n2ccnc2NC(=O)c2cc([N+](=O)[O-])ccc2Cl)cc1. The number of non-ortho nitro benzene ring substituents is 1. The van der Waals surface area contributed by atoms with Crippen molar-refractivity contribution >= 4 is 29.1 Å². The molecule has 7 nitrogen and oxygen atoms in total. The maximum Gasteiger partial charge on any atom is 0.270 e. The van der Waals surface area contributed by atoms with Crippen LogP contribution in [0.5, 0.6) is 0 Å². The number of carbonyl (C=O) groups is 1. The summed E-state index contributed by atoms with van der Waals surface area (Å²) in [5.41, 5.74) is 1.73. The van der Waals surface area contributed by atoms with Gasteiger partial charge in [-0.2, -0.15) is 0 Å². The molecule has 0 unspecified atom stereocenters. The van der Waals surface area contributed by atoms with Gasteiger partial charge in [-0.25, -0.2) is 4.98 Å². The molecule has 0 saturated heterocycles. The van der Waals surface area contributed by atoms with Crippen LogP contribution >= 0.6 is 11.6 Å². The highest BCUT2D eigenvalue weighted by Gasteiger charge is 2.17. The van der Waals surface area contributed by atoms with Gasteiger partial charge in [-0.05, 0) is 25.1 Å². The number of nitro benzene ring substituents is 1. The Morgan fingerprint density at radius 3 is 2.64 bits per heavy atom. The zero-order chi connectivity index (χ0) is 18.0. The third-order valence-electron chi connectivity index (χ3n) is 3.58. The zero-order valence-corrected chi connectivity index (χ0v) is 13.9. The smallest absolute Gasteiger partial charge is 0.270 e. The molecular weight excluding hydrogens is 344 g/mol. The van der Waals surface area contributed by atoms with Gasteiger partial charge in [-0.15, -0.1) is 0 Å². The minimum Gasteiger partial charge on any atom is -0.291 e. The van der Waals surface area contributed by atoms with E-state index in [-0.39, 0.29) is 22.2 Å². The summed E-state index contributed by atoms with van der Waals surface area (Å²) in [6, 6.07) is 11.4. The standard InChI is InChI=1S/C17H13ClN4O3/c1-11-2-4-12(5-3-11)21-9-8-19-17(21)20-16(23)14-10-13(22(24)25)6-7-15(14)18/h2-10H,1H3,(H,19,20,23). The van der Waals surface area contributed by atoms with Gasteiger partial charge >= 0.3 is 0 Å². The number of aryl methyl sites for hydroxylation is 1. The molecule has 1 aromatic heterocycles. The Morgan fingerprint density at radius 2 is 1.96 bits per heavy atom. The summed E-state index contributed by atoms with van der Waals surface area (Å²) >= 11 is 6.00. The van der Waals surface area contributed by atoms with Crippen molar-refractivity contribution in [2.75, 3.05) is 5.32 Å². The average molecular weight is 357 g/mol. The van der Waals surface area contributed by atoms with Gasteiger partial charge in [0.15, 0.2) is 0 Å². The van der Waals surface area contributed by atoms with Gasteiger partial charge in [0, 0.05) is 30.2 Å². The minimum atomic E-state index is -0.583. The third kappa shape index (κ3) is 3.51. The Bertz CT molecular complexity index is 951. The highest BCUT2D eigenvalue weighted by Crippen LogP contribution is 2.23. The molecule has 0 fully saturated rings. The number of imidazole rings is 1. The summed E-state index contributed by atoms with van der Waals surface area (Å²) in [7, 11) is 0. The Hall–Kier alpha value is -3.19. The van der Waals surface area contributed by atoms with Crippen molar-refractivity contribution in [3.8, 4) is 5.69 Å². The molecule has 2 aromatic carbocycles. The van der Waals surface area contributed by atoms with Crippen LogP contribution in [0.25, 0.3) is 5.69 Å². The molecule has 0 aliphatic rings. The number of nitrogens with one attached hydrogen (secondary N) is 1. The molecule has 3 aromatic rings. The Kier molecular flexibility index (Phi) is 4.49. The van der Waals surface area contributed by atoms with Gasteiger partial charge in [-0.3, -0.25) is 24.8 Å². The number of rotatable bonds is 4. The molecule has 1 amide bonds. The van der Waals surface area contributed by atoms with E-state index in [0.29, 0.717) is 0 Å². The molecule has 126 valence electrons. The van der Waals surface area contributed by atoms with E-state index in [1.165, 1.54) is 12.1 Å². The maximum absolute atomic E-state index is 12.5. The first-order valence-corrected chi connectivity index (χ1v) is 7.69. The summed E-state index contributed by atoms with van der Waals surface area (Å²) in [6.07, 6.45) is 3.25. The summed E-state index contributed by atoms with van der Waals surface area (Å²) in [6.45, 7) is 1.98. The second-order valence-electron chi connectivity index (χ2n) is 5.33. The number of benzene rings is 2. The minimum absolute atomic E-state index is 0.00863. The molecule has 8 heteroatoms. The van der Waals surface area contributed by atoms with E-state index < -0.39 is 10.8 Å². The molecule has 1 N–H and O–H groups in total. The van der Waals surface area contributed by atoms with Crippen LogP contribution in [0.4, 0.5) is 11.6 Å². The van der Waals surface area contributed by atoms with Gasteiger partial charge in [0.25, 0.3) is 11.6 Å². The number of amides is 1. The number of carbonyl (C=O) groups excluding carboxylic acids is 1. The fourth-order valence-corrected chi connectivity index (χ4v) is 2.48. The van der Waals surface area contributed by atoms with E-state index in [0.717, 1.165) is 17.3 Å². The number of aromatic nitrogens is 2. The lowest BCUT2D eigenvalue weighted by atomic mass is 10.2. The van der Waals surface area contributed by atoms with Crippen molar-refractivity contribution < 1.29 is 9.72 Å². The molecule has 0 spiro atoms. The average Bonchev–Trinajstić information content (AvgIpc) is 3.03. The molecule has 0 radical (unpaired) electrons. The predicted octanol–water partition coefficient (Wildman–Crippen LogP) is 3.99. The number of halogens is 1. The predicted molar refractivity (Wildman–Crippen MR) is 94.4 cm³/mol. The molecule has 0 saturated carbocycles. The van der Waals surface area contributed by atoms with E-state index in [4.69, 9.17) is 11.6 Å². The zero-order valence-electron chi connectivity index (χ0n) is 13.1. The van der Waals surface area contributed by atoms with Crippen LogP contribution < -0.4 is 5.32 Å². The molecule has 3 rings (SSSR count). The quantitative estimate of drug-likeness (QED) is 0.565. The molecule has 25 heavy (non-hydrogen) atoms. The number of nitro groups is 1. The molecule has 1 heterocycles. The Balaban J connectivity index is 1.90. The van der Waals surface area contributed by atoms with Crippen molar-refractivity contribution in [1.29, 1.82) is 0 Å². The number of hydrogen-bond acceptors (Lipinski definition) is 4. The lowest BCUT2D eigenvalue weighted by Gasteiger charge is -2.10. The second-order valence-corrected chi connectivity index (χ2v) is 5.74. The highest BCUT2D eigenvalue weighted by molar-refractivity contribution is 6.34. The summed E-state index contributed by atoms with van der Waals surface area (Å²) in [4.78, 5) is 26.9. The molecule has 0 bridgehead atoms. The highest BCUT2D eigenvalue weighted by atomic mass is 35.5. The maximum atomic E-state index is 12.5. The fourth-order valence-electron chi connectivity index (χ4n) is 2.28. The largest absolute Gasteiger partial charge is 0.291 e. The van der Waals surface area contributed by atoms with Gasteiger partial charge in [0.1, 0.15) is 0 Å². The first kappa shape index (κ1) is 16.7. The first-order valence-electron chi connectivity index (χ1n) is 7.31. The Morgan fingerprint density at radius 1 is 1.24 bits per heavy atom. The van der Waals surface area contributed by atoms with Crippen molar-refractivity contribution in [3.05, 3.63) is 81.1 Å². The lowest BCUT2D eigenvalue weighted by Crippen LogP contribution is -2.16. The van der Waals surface area contributed by atoms with E-state index >= 15 is 0 Å². The van der Waals surface area contributed by atoms with E-state index in [1.54, 1.807) is 17.0 Å². The summed E-state index contributed by atoms with van der Waals surface area (Å²) < 4.78 is 1.70. The first-order chi connectivity index (χ1) is 12.0. The normalized spacial score (nSPS) is 10.5. The van der Waals surface area contributed by atoms with E-state index in [9.17, 15) is 14.9 Å². The summed E-state index contributed by atoms with van der Waals surface area (Å²) in [5.74, 6) is -0.287. The molecule has 0 aliphatic heterocycles. The van der Waals surface area contributed by atoms with Crippen LogP contribution in [0, 0.1) is 17.0 Å². The number of nitrogens with zero attached hydrogens (tertiary/aromatic N) is 3. The van der Waals surface area contributed by atoms with Gasteiger partial charge < -0.3 is 0 Å². The molecule has 0 aliphatic carbocycles. The molecular formula is C17H13ClN4O3. The van der Waals surface area contributed by atoms with Gasteiger partial charge in [-0.1, -0.05) is 29.3 Å². The van der Waals surface area contributed by atoms with Crippen LogP contribution in [0.3, 0.4) is 0 Å². The molecule has 0 atom stereocenters. The summed E-state index contributed by atoms with van der Waals surface area (Å²) in [5, 5.41) is 13.6. The van der Waals surface area contributed by atoms with Gasteiger partial charge in [0.05, 0.1) is 15.5 Å². The van der Waals surface area contributed by atoms with E-state index in [1.807, 2.05) is 31.2 Å². The van der Waals surface area contributed by atoms with Crippen molar-refractivity contribution in [3.63, 3.8) is 0 Å². The van der Waals surface area contributed by atoms with E-state index in [2.05, 4.69) is 10.3 Å². The second kappa shape index (κ2) is 6.74.